The monoisotopic (exact) mass is 248 g/mol. The Morgan fingerprint density at radius 3 is 2.94 bits per heavy atom. The molecule has 0 aromatic heterocycles. The molecule has 0 spiro atoms. The molecule has 1 aliphatic carbocycles. The van der Waals surface area contributed by atoms with Crippen LogP contribution in [0, 0.1) is 0 Å². The highest BCUT2D eigenvalue weighted by molar-refractivity contribution is 5.79. The van der Waals surface area contributed by atoms with Crippen LogP contribution in [0.1, 0.15) is 18.4 Å². The summed E-state index contributed by atoms with van der Waals surface area (Å²) < 4.78 is 5.21. The normalized spacial score (nSPS) is 15.4. The average Bonchev–Trinajstić information content (AvgIpc) is 3.20. The molecule has 18 heavy (non-hydrogen) atoms. The van der Waals surface area contributed by atoms with Gasteiger partial charge in [-0.2, -0.15) is 0 Å². The lowest BCUT2D eigenvalue weighted by atomic mass is 10.2. The molecular formula is C13H20N4O. The largest absolute Gasteiger partial charge is 0.497 e. The van der Waals surface area contributed by atoms with Crippen molar-refractivity contribution in [2.24, 2.45) is 10.8 Å². The fourth-order valence-corrected chi connectivity index (χ4v) is 1.74. The zero-order valence-electron chi connectivity index (χ0n) is 10.9. The number of hydrogen-bond acceptors (Lipinski definition) is 3. The van der Waals surface area contributed by atoms with Crippen molar-refractivity contribution in [1.29, 1.82) is 0 Å². The van der Waals surface area contributed by atoms with Crippen molar-refractivity contribution in [3.05, 3.63) is 29.8 Å². The predicted molar refractivity (Wildman–Crippen MR) is 72.2 cm³/mol. The highest BCUT2D eigenvalue weighted by Gasteiger charge is 2.22. The number of rotatable bonds is 4. The van der Waals surface area contributed by atoms with Crippen LogP contribution in [-0.4, -0.2) is 31.1 Å². The third kappa shape index (κ3) is 3.37. The molecule has 0 amide bonds. The number of nitrogens with two attached hydrogens (primary N) is 1. The number of methoxy groups -OCH3 is 1. The van der Waals surface area contributed by atoms with Gasteiger partial charge in [-0.15, -0.1) is 0 Å². The maximum atomic E-state index is 5.51. The molecule has 0 saturated heterocycles. The number of aliphatic imine (C=N–C) groups is 1. The minimum atomic E-state index is 0.448. The first-order valence-corrected chi connectivity index (χ1v) is 6.11. The topological polar surface area (TPSA) is 62.9 Å². The molecule has 1 fully saturated rings. The predicted octanol–water partition coefficient (Wildman–Crippen LogP) is 1.11. The van der Waals surface area contributed by atoms with E-state index in [-0.39, 0.29) is 0 Å². The third-order valence-corrected chi connectivity index (χ3v) is 2.90. The second-order valence-corrected chi connectivity index (χ2v) is 4.54. The quantitative estimate of drug-likeness (QED) is 0.362. The fourth-order valence-electron chi connectivity index (χ4n) is 1.74. The second kappa shape index (κ2) is 5.73. The lowest BCUT2D eigenvalue weighted by Crippen LogP contribution is -2.42. The van der Waals surface area contributed by atoms with E-state index >= 15 is 0 Å². The molecule has 3 N–H and O–H groups in total. The van der Waals surface area contributed by atoms with Gasteiger partial charge in [-0.05, 0) is 30.5 Å². The number of nitrogens with one attached hydrogen (secondary N) is 1. The Labute approximate surface area is 108 Å². The van der Waals surface area contributed by atoms with Gasteiger partial charge in [0.1, 0.15) is 5.75 Å². The van der Waals surface area contributed by atoms with Crippen LogP contribution in [0.2, 0.25) is 0 Å². The number of ether oxygens (including phenoxy) is 1. The molecular weight excluding hydrogens is 228 g/mol. The Kier molecular flexibility index (Phi) is 4.04. The Morgan fingerprint density at radius 1 is 1.56 bits per heavy atom. The lowest BCUT2D eigenvalue weighted by Gasteiger charge is -2.21. The van der Waals surface area contributed by atoms with Crippen LogP contribution in [0.3, 0.4) is 0 Å². The van der Waals surface area contributed by atoms with Crippen LogP contribution in [0.5, 0.6) is 5.75 Å². The van der Waals surface area contributed by atoms with E-state index in [2.05, 4.69) is 16.5 Å². The molecule has 98 valence electrons. The zero-order chi connectivity index (χ0) is 13.0. The highest BCUT2D eigenvalue weighted by atomic mass is 16.5. The van der Waals surface area contributed by atoms with Crippen molar-refractivity contribution in [3.8, 4) is 5.75 Å². The summed E-state index contributed by atoms with van der Waals surface area (Å²) in [7, 11) is 3.64. The van der Waals surface area contributed by atoms with Gasteiger partial charge in [-0.3, -0.25) is 5.43 Å². The number of hydrogen-bond donors (Lipinski definition) is 2. The number of benzene rings is 1. The van der Waals surface area contributed by atoms with Crippen LogP contribution >= 0.6 is 0 Å². The molecule has 0 bridgehead atoms. The van der Waals surface area contributed by atoms with Gasteiger partial charge in [-0.1, -0.05) is 12.1 Å². The summed E-state index contributed by atoms with van der Waals surface area (Å²) in [5.74, 6) is 7.11. The molecule has 0 heterocycles. The second-order valence-electron chi connectivity index (χ2n) is 4.54. The van der Waals surface area contributed by atoms with Crippen molar-refractivity contribution >= 4 is 5.96 Å². The van der Waals surface area contributed by atoms with Gasteiger partial charge < -0.3 is 9.64 Å². The first-order valence-electron chi connectivity index (χ1n) is 6.11. The summed E-state index contributed by atoms with van der Waals surface area (Å²) in [6, 6.07) is 8.44. The summed E-state index contributed by atoms with van der Waals surface area (Å²) in [6.07, 6.45) is 2.33. The zero-order valence-corrected chi connectivity index (χ0v) is 10.9. The molecule has 0 atom stereocenters. The van der Waals surface area contributed by atoms with Gasteiger partial charge in [0.2, 0.25) is 5.96 Å². The van der Waals surface area contributed by atoms with E-state index in [9.17, 15) is 0 Å². The van der Waals surface area contributed by atoms with Gasteiger partial charge in [-0.25, -0.2) is 10.8 Å². The summed E-state index contributed by atoms with van der Waals surface area (Å²) in [5.41, 5.74) is 3.83. The van der Waals surface area contributed by atoms with E-state index in [1.807, 2.05) is 30.1 Å². The smallest absolute Gasteiger partial charge is 0.208 e. The molecule has 2 rings (SSSR count). The molecule has 1 aliphatic rings. The molecule has 1 saturated carbocycles. The Balaban J connectivity index is 2.02. The van der Waals surface area contributed by atoms with Crippen molar-refractivity contribution in [2.45, 2.75) is 25.4 Å². The van der Waals surface area contributed by atoms with E-state index in [1.165, 1.54) is 0 Å². The number of nitrogens with zero attached hydrogens (tertiary/aromatic N) is 2. The molecule has 0 aliphatic heterocycles. The molecule has 0 radical (unpaired) electrons. The van der Waals surface area contributed by atoms with E-state index in [1.54, 1.807) is 7.11 Å². The standard InChI is InChI=1S/C13H20N4O/c1-17(13(16-14)15-11-6-7-11)9-10-4-3-5-12(8-10)18-2/h3-5,8,11H,6-7,9,14H2,1-2H3,(H,15,16). The SMILES string of the molecule is COc1cccc(CN(C)C(=NC2CC2)NN)c1. The average molecular weight is 248 g/mol. The van der Waals surface area contributed by atoms with E-state index in [0.717, 1.165) is 36.7 Å². The lowest BCUT2D eigenvalue weighted by molar-refractivity contribution is 0.412. The van der Waals surface area contributed by atoms with E-state index in [0.29, 0.717) is 6.04 Å². The Morgan fingerprint density at radius 2 is 2.33 bits per heavy atom. The van der Waals surface area contributed by atoms with Gasteiger partial charge in [0.25, 0.3) is 0 Å². The molecule has 0 unspecified atom stereocenters. The van der Waals surface area contributed by atoms with E-state index in [4.69, 9.17) is 10.6 Å². The summed E-state index contributed by atoms with van der Waals surface area (Å²) in [4.78, 5) is 6.53. The van der Waals surface area contributed by atoms with Gasteiger partial charge in [0, 0.05) is 13.6 Å². The Bertz CT molecular complexity index is 429. The van der Waals surface area contributed by atoms with Crippen molar-refractivity contribution in [2.75, 3.05) is 14.2 Å². The first-order chi connectivity index (χ1) is 8.72. The summed E-state index contributed by atoms with van der Waals surface area (Å²) >= 11 is 0. The van der Waals surface area contributed by atoms with Gasteiger partial charge in [0.05, 0.1) is 13.2 Å². The van der Waals surface area contributed by atoms with Gasteiger partial charge >= 0.3 is 0 Å². The van der Waals surface area contributed by atoms with Crippen LogP contribution in [0.25, 0.3) is 0 Å². The Hall–Kier alpha value is -1.75. The van der Waals surface area contributed by atoms with E-state index < -0.39 is 0 Å². The molecule has 5 heteroatoms. The van der Waals surface area contributed by atoms with Crippen LogP contribution in [0.15, 0.2) is 29.3 Å². The highest BCUT2D eigenvalue weighted by Crippen LogP contribution is 2.23. The van der Waals surface area contributed by atoms with Crippen LogP contribution in [-0.2, 0) is 6.54 Å². The van der Waals surface area contributed by atoms with Crippen molar-refractivity contribution in [3.63, 3.8) is 0 Å². The summed E-state index contributed by atoms with van der Waals surface area (Å²) in [6.45, 7) is 0.743. The van der Waals surface area contributed by atoms with Crippen LogP contribution < -0.4 is 16.0 Å². The first kappa shape index (κ1) is 12.7. The maximum absolute atomic E-state index is 5.51. The molecule has 5 nitrogen and oxygen atoms in total. The number of guanidine groups is 1. The maximum Gasteiger partial charge on any atom is 0.208 e. The molecule has 1 aromatic carbocycles. The third-order valence-electron chi connectivity index (χ3n) is 2.90. The minimum Gasteiger partial charge on any atom is -0.497 e. The molecule has 1 aromatic rings. The summed E-state index contributed by atoms with van der Waals surface area (Å²) in [5, 5.41) is 0. The van der Waals surface area contributed by atoms with Gasteiger partial charge in [0.15, 0.2) is 0 Å². The minimum absolute atomic E-state index is 0.448. The number of hydrazine groups is 1. The van der Waals surface area contributed by atoms with Crippen molar-refractivity contribution in [1.82, 2.24) is 10.3 Å². The van der Waals surface area contributed by atoms with Crippen LogP contribution in [0.4, 0.5) is 0 Å². The van der Waals surface area contributed by atoms with Crippen molar-refractivity contribution < 1.29 is 4.74 Å². The fraction of sp³-hybridized carbons (Fsp3) is 0.462.